The predicted molar refractivity (Wildman–Crippen MR) is 40.6 cm³/mol. The van der Waals surface area contributed by atoms with Crippen LogP contribution in [0.3, 0.4) is 0 Å². The third-order valence-corrected chi connectivity index (χ3v) is 1.49. The minimum atomic E-state index is -1.47. The Bertz CT molecular complexity index is 104. The standard InChI is InChI=1S/C6H14O2Si/c1-6(7-2)8-9(3,4)5/h1H2,2-5H3. The summed E-state index contributed by atoms with van der Waals surface area (Å²) in [5, 5.41) is 0. The van der Waals surface area contributed by atoms with E-state index in [4.69, 9.17) is 9.16 Å². The van der Waals surface area contributed by atoms with Crippen molar-refractivity contribution < 1.29 is 9.16 Å². The van der Waals surface area contributed by atoms with Crippen LogP contribution in [0, 0.1) is 0 Å². The maximum Gasteiger partial charge on any atom is 0.257 e. The Kier molecular flexibility index (Phi) is 2.77. The lowest BCUT2D eigenvalue weighted by Gasteiger charge is -2.18. The van der Waals surface area contributed by atoms with E-state index in [1.165, 1.54) is 0 Å². The van der Waals surface area contributed by atoms with E-state index in [1.807, 2.05) is 0 Å². The normalized spacial score (nSPS) is 10.7. The number of methoxy groups -OCH3 is 1. The quantitative estimate of drug-likeness (QED) is 0.447. The molecule has 54 valence electrons. The summed E-state index contributed by atoms with van der Waals surface area (Å²) in [6, 6.07) is 0. The van der Waals surface area contributed by atoms with Crippen molar-refractivity contribution in [1.82, 2.24) is 0 Å². The van der Waals surface area contributed by atoms with Crippen molar-refractivity contribution in [3.8, 4) is 0 Å². The van der Waals surface area contributed by atoms with Crippen LogP contribution in [0.15, 0.2) is 12.5 Å². The van der Waals surface area contributed by atoms with Crippen molar-refractivity contribution in [1.29, 1.82) is 0 Å². The molecule has 9 heavy (non-hydrogen) atoms. The molecule has 0 saturated carbocycles. The second-order valence-electron chi connectivity index (χ2n) is 2.79. The maximum absolute atomic E-state index is 5.31. The summed E-state index contributed by atoms with van der Waals surface area (Å²) in [5.41, 5.74) is 0. The fourth-order valence-corrected chi connectivity index (χ4v) is 1.15. The second-order valence-corrected chi connectivity index (χ2v) is 7.22. The van der Waals surface area contributed by atoms with Crippen molar-refractivity contribution >= 4 is 8.32 Å². The van der Waals surface area contributed by atoms with Crippen LogP contribution in [0.4, 0.5) is 0 Å². The highest BCUT2D eigenvalue weighted by Crippen LogP contribution is 2.07. The smallest absolute Gasteiger partial charge is 0.257 e. The van der Waals surface area contributed by atoms with Crippen LogP contribution in [0.1, 0.15) is 0 Å². The molecule has 2 nitrogen and oxygen atoms in total. The molecule has 0 aliphatic carbocycles. The van der Waals surface area contributed by atoms with Crippen molar-refractivity contribution in [3.05, 3.63) is 12.5 Å². The van der Waals surface area contributed by atoms with E-state index in [-0.39, 0.29) is 0 Å². The van der Waals surface area contributed by atoms with Crippen LogP contribution in [0.2, 0.25) is 19.6 Å². The van der Waals surface area contributed by atoms with E-state index in [0.717, 1.165) is 0 Å². The first-order chi connectivity index (χ1) is 3.95. The molecule has 0 aliphatic heterocycles. The molecule has 0 aliphatic rings. The van der Waals surface area contributed by atoms with Gasteiger partial charge in [-0.25, -0.2) is 0 Å². The van der Waals surface area contributed by atoms with Gasteiger partial charge in [0.2, 0.25) is 8.32 Å². The SMILES string of the molecule is C=C(OC)O[Si](C)(C)C. The Morgan fingerprint density at radius 1 is 1.33 bits per heavy atom. The van der Waals surface area contributed by atoms with Gasteiger partial charge in [-0.15, -0.1) is 0 Å². The van der Waals surface area contributed by atoms with E-state index in [0.29, 0.717) is 5.95 Å². The summed E-state index contributed by atoms with van der Waals surface area (Å²) in [6.07, 6.45) is 0. The van der Waals surface area contributed by atoms with Crippen LogP contribution in [0.5, 0.6) is 0 Å². The van der Waals surface area contributed by atoms with E-state index in [2.05, 4.69) is 26.2 Å². The Morgan fingerprint density at radius 2 is 1.78 bits per heavy atom. The molecule has 0 bridgehead atoms. The summed E-state index contributed by atoms with van der Waals surface area (Å²) in [4.78, 5) is 0. The molecule has 0 N–H and O–H groups in total. The summed E-state index contributed by atoms with van der Waals surface area (Å²) in [5.74, 6) is 0.425. The monoisotopic (exact) mass is 146 g/mol. The highest BCUT2D eigenvalue weighted by atomic mass is 28.4. The lowest BCUT2D eigenvalue weighted by Crippen LogP contribution is -2.24. The van der Waals surface area contributed by atoms with Gasteiger partial charge in [0.15, 0.2) is 0 Å². The molecular formula is C6H14O2Si. The molecule has 0 aromatic carbocycles. The van der Waals surface area contributed by atoms with Gasteiger partial charge in [0, 0.05) is 0 Å². The van der Waals surface area contributed by atoms with Crippen LogP contribution in [0.25, 0.3) is 0 Å². The summed E-state index contributed by atoms with van der Waals surface area (Å²) >= 11 is 0. The van der Waals surface area contributed by atoms with Gasteiger partial charge >= 0.3 is 0 Å². The summed E-state index contributed by atoms with van der Waals surface area (Å²) in [7, 11) is 0.0922. The third kappa shape index (κ3) is 5.43. The molecule has 0 heterocycles. The van der Waals surface area contributed by atoms with Gasteiger partial charge in [-0.1, -0.05) is 0 Å². The summed E-state index contributed by atoms with van der Waals surface area (Å²) < 4.78 is 10.1. The molecule has 0 aromatic heterocycles. The third-order valence-electron chi connectivity index (χ3n) is 0.648. The largest absolute Gasteiger partial charge is 0.520 e. The first-order valence-corrected chi connectivity index (χ1v) is 6.28. The molecule has 0 rings (SSSR count). The van der Waals surface area contributed by atoms with E-state index in [1.54, 1.807) is 7.11 Å². The van der Waals surface area contributed by atoms with Crippen LogP contribution < -0.4 is 0 Å². The average Bonchev–Trinajstić information content (AvgIpc) is 1.62. The zero-order valence-corrected chi connectivity index (χ0v) is 7.52. The molecule has 0 saturated heterocycles. The van der Waals surface area contributed by atoms with E-state index < -0.39 is 8.32 Å². The lowest BCUT2D eigenvalue weighted by molar-refractivity contribution is 0.149. The first-order valence-electron chi connectivity index (χ1n) is 2.87. The highest BCUT2D eigenvalue weighted by Gasteiger charge is 2.16. The van der Waals surface area contributed by atoms with Gasteiger partial charge in [-0.2, -0.15) is 0 Å². The van der Waals surface area contributed by atoms with Crippen molar-refractivity contribution in [2.24, 2.45) is 0 Å². The fraction of sp³-hybridized carbons (Fsp3) is 0.667. The van der Waals surface area contributed by atoms with E-state index >= 15 is 0 Å². The Morgan fingerprint density at radius 3 is 1.89 bits per heavy atom. The lowest BCUT2D eigenvalue weighted by atomic mass is 11.0. The van der Waals surface area contributed by atoms with Gasteiger partial charge in [-0.05, 0) is 26.2 Å². The molecule has 3 heteroatoms. The second kappa shape index (κ2) is 2.92. The highest BCUT2D eigenvalue weighted by molar-refractivity contribution is 6.69. The zero-order chi connectivity index (χ0) is 7.49. The van der Waals surface area contributed by atoms with Crippen molar-refractivity contribution in [3.63, 3.8) is 0 Å². The predicted octanol–water partition coefficient (Wildman–Crippen LogP) is 1.96. The van der Waals surface area contributed by atoms with Gasteiger partial charge < -0.3 is 9.16 Å². The molecule has 0 aromatic rings. The Balaban J connectivity index is 3.60. The Labute approximate surface area is 57.6 Å². The Hall–Kier alpha value is -0.443. The van der Waals surface area contributed by atoms with Crippen molar-refractivity contribution in [2.45, 2.75) is 19.6 Å². The summed E-state index contributed by atoms with van der Waals surface area (Å²) in [6.45, 7) is 9.79. The van der Waals surface area contributed by atoms with Gasteiger partial charge in [0.05, 0.1) is 7.11 Å². The number of hydrogen-bond donors (Lipinski definition) is 0. The molecule has 0 spiro atoms. The van der Waals surface area contributed by atoms with Gasteiger partial charge in [-0.3, -0.25) is 0 Å². The maximum atomic E-state index is 5.31. The topological polar surface area (TPSA) is 18.5 Å². The van der Waals surface area contributed by atoms with Gasteiger partial charge in [0.25, 0.3) is 5.95 Å². The zero-order valence-electron chi connectivity index (χ0n) is 6.52. The number of hydrogen-bond acceptors (Lipinski definition) is 2. The first kappa shape index (κ1) is 8.56. The average molecular weight is 146 g/mol. The van der Waals surface area contributed by atoms with Crippen LogP contribution in [-0.4, -0.2) is 15.4 Å². The molecule has 0 fully saturated rings. The fourth-order valence-electron chi connectivity index (χ4n) is 0.383. The molecule has 0 unspecified atom stereocenters. The molecule has 0 radical (unpaired) electrons. The van der Waals surface area contributed by atoms with Gasteiger partial charge in [0.1, 0.15) is 0 Å². The molecular weight excluding hydrogens is 132 g/mol. The molecule has 0 amide bonds. The molecule has 0 atom stereocenters. The van der Waals surface area contributed by atoms with E-state index in [9.17, 15) is 0 Å². The number of ether oxygens (including phenoxy) is 1. The minimum Gasteiger partial charge on any atom is -0.520 e. The van der Waals surface area contributed by atoms with Crippen LogP contribution in [-0.2, 0) is 9.16 Å². The minimum absolute atomic E-state index is 0.425. The van der Waals surface area contributed by atoms with Crippen molar-refractivity contribution in [2.75, 3.05) is 7.11 Å². The number of rotatable bonds is 3. The van der Waals surface area contributed by atoms with Crippen LogP contribution >= 0.6 is 0 Å².